The molecule has 0 aliphatic carbocycles. The molecular weight excluding hydrogens is 389 g/mol. The van der Waals surface area contributed by atoms with Gasteiger partial charge in [-0.3, -0.25) is 0 Å². The standard InChI is InChI=1S/C26H22FN3O/c1-17-12-21-13-24-25(31-16-18(2)30(24)15-19-6-4-3-5-7-19)14-23(21)26(29-28-17)20-8-10-22(27)11-9-20/h3-11,13-14H,2,12,15-16H2,1H3. The highest BCUT2D eigenvalue weighted by atomic mass is 19.1. The van der Waals surface area contributed by atoms with Crippen molar-refractivity contribution in [1.82, 2.24) is 0 Å². The number of benzene rings is 3. The Morgan fingerprint density at radius 1 is 1.03 bits per heavy atom. The van der Waals surface area contributed by atoms with Crippen molar-refractivity contribution in [3.05, 3.63) is 107 Å². The third kappa shape index (κ3) is 3.75. The summed E-state index contributed by atoms with van der Waals surface area (Å²) in [6, 6.07) is 20.9. The van der Waals surface area contributed by atoms with Crippen molar-refractivity contribution >= 4 is 17.1 Å². The number of halogens is 1. The molecule has 2 heterocycles. The summed E-state index contributed by atoms with van der Waals surface area (Å²) in [5.41, 5.74) is 7.64. The molecule has 3 aromatic carbocycles. The van der Waals surface area contributed by atoms with Gasteiger partial charge in [0, 0.05) is 35.5 Å². The monoisotopic (exact) mass is 411 g/mol. The van der Waals surface area contributed by atoms with Gasteiger partial charge in [0.25, 0.3) is 0 Å². The van der Waals surface area contributed by atoms with Gasteiger partial charge >= 0.3 is 0 Å². The Kier molecular flexibility index (Phi) is 4.86. The van der Waals surface area contributed by atoms with Gasteiger partial charge in [0.15, 0.2) is 0 Å². The summed E-state index contributed by atoms with van der Waals surface area (Å²) in [7, 11) is 0. The van der Waals surface area contributed by atoms with Crippen LogP contribution in [0, 0.1) is 5.82 Å². The Hall–Kier alpha value is -3.73. The second-order valence-electron chi connectivity index (χ2n) is 7.87. The molecule has 31 heavy (non-hydrogen) atoms. The van der Waals surface area contributed by atoms with Crippen LogP contribution in [0.15, 0.2) is 89.2 Å². The van der Waals surface area contributed by atoms with E-state index in [4.69, 9.17) is 4.74 Å². The van der Waals surface area contributed by atoms with E-state index in [1.165, 1.54) is 17.7 Å². The number of nitrogens with zero attached hydrogens (tertiary/aromatic N) is 3. The summed E-state index contributed by atoms with van der Waals surface area (Å²) in [4.78, 5) is 2.21. The molecule has 0 atom stereocenters. The second kappa shape index (κ2) is 7.84. The van der Waals surface area contributed by atoms with E-state index in [9.17, 15) is 4.39 Å². The Bertz CT molecular complexity index is 1210. The molecule has 0 saturated carbocycles. The lowest BCUT2D eigenvalue weighted by Crippen LogP contribution is -2.30. The first kappa shape index (κ1) is 19.2. The number of fused-ring (bicyclic) bond motifs is 2. The van der Waals surface area contributed by atoms with Crippen LogP contribution in [0.2, 0.25) is 0 Å². The molecule has 0 bridgehead atoms. The van der Waals surface area contributed by atoms with Gasteiger partial charge in [-0.05, 0) is 54.4 Å². The highest BCUT2D eigenvalue weighted by Crippen LogP contribution is 2.39. The van der Waals surface area contributed by atoms with Gasteiger partial charge in [0.05, 0.1) is 5.69 Å². The lowest BCUT2D eigenvalue weighted by molar-refractivity contribution is 0.335. The average molecular weight is 411 g/mol. The zero-order valence-electron chi connectivity index (χ0n) is 17.3. The molecule has 4 nitrogen and oxygen atoms in total. The predicted molar refractivity (Wildman–Crippen MR) is 123 cm³/mol. The van der Waals surface area contributed by atoms with Gasteiger partial charge in [-0.15, -0.1) is 5.10 Å². The van der Waals surface area contributed by atoms with Crippen molar-refractivity contribution in [1.29, 1.82) is 0 Å². The van der Waals surface area contributed by atoms with E-state index in [1.807, 2.05) is 31.2 Å². The summed E-state index contributed by atoms with van der Waals surface area (Å²) in [5.74, 6) is 0.512. The van der Waals surface area contributed by atoms with Gasteiger partial charge in [0.1, 0.15) is 23.9 Å². The molecule has 5 heteroatoms. The van der Waals surface area contributed by atoms with Gasteiger partial charge in [-0.2, -0.15) is 5.10 Å². The minimum Gasteiger partial charge on any atom is -0.485 e. The Morgan fingerprint density at radius 3 is 2.58 bits per heavy atom. The maximum absolute atomic E-state index is 13.5. The fraction of sp³-hybridized carbons (Fsp3) is 0.154. The van der Waals surface area contributed by atoms with Gasteiger partial charge in [0.2, 0.25) is 0 Å². The molecule has 2 aliphatic heterocycles. The molecule has 3 aromatic rings. The van der Waals surface area contributed by atoms with E-state index in [0.29, 0.717) is 13.0 Å². The third-order valence-electron chi connectivity index (χ3n) is 5.57. The largest absolute Gasteiger partial charge is 0.485 e. The Morgan fingerprint density at radius 2 is 1.81 bits per heavy atom. The fourth-order valence-electron chi connectivity index (χ4n) is 4.00. The van der Waals surface area contributed by atoms with Crippen LogP contribution >= 0.6 is 0 Å². The number of hydrogen-bond acceptors (Lipinski definition) is 4. The van der Waals surface area contributed by atoms with Crippen LogP contribution in [0.5, 0.6) is 5.75 Å². The molecule has 0 fully saturated rings. The van der Waals surface area contributed by atoms with E-state index in [-0.39, 0.29) is 5.82 Å². The smallest absolute Gasteiger partial charge is 0.144 e. The van der Waals surface area contributed by atoms with Crippen LogP contribution < -0.4 is 9.64 Å². The molecule has 0 saturated heterocycles. The molecule has 0 radical (unpaired) electrons. The van der Waals surface area contributed by atoms with Gasteiger partial charge in [-0.1, -0.05) is 36.9 Å². The fourth-order valence-corrected chi connectivity index (χ4v) is 4.00. The van der Waals surface area contributed by atoms with E-state index in [2.05, 4.69) is 39.9 Å². The Balaban J connectivity index is 1.61. The number of anilines is 1. The highest BCUT2D eigenvalue weighted by molar-refractivity contribution is 6.15. The van der Waals surface area contributed by atoms with Crippen molar-refractivity contribution in [2.45, 2.75) is 19.9 Å². The summed E-state index contributed by atoms with van der Waals surface area (Å²) in [6.45, 7) is 7.35. The number of hydrogen-bond donors (Lipinski definition) is 0. The normalized spacial score (nSPS) is 15.3. The molecule has 0 amide bonds. The quantitative estimate of drug-likeness (QED) is 0.570. The number of ether oxygens (including phenoxy) is 1. The molecule has 2 aliphatic rings. The maximum Gasteiger partial charge on any atom is 0.144 e. The molecule has 0 N–H and O–H groups in total. The Labute approximate surface area is 181 Å². The summed E-state index contributed by atoms with van der Waals surface area (Å²) < 4.78 is 19.5. The third-order valence-corrected chi connectivity index (χ3v) is 5.57. The van der Waals surface area contributed by atoms with Crippen LogP contribution in [0.4, 0.5) is 10.1 Å². The first-order chi connectivity index (χ1) is 15.1. The van der Waals surface area contributed by atoms with Gasteiger partial charge < -0.3 is 9.64 Å². The van der Waals surface area contributed by atoms with E-state index in [1.54, 1.807) is 12.1 Å². The predicted octanol–water partition coefficient (Wildman–Crippen LogP) is 5.51. The van der Waals surface area contributed by atoms with E-state index in [0.717, 1.165) is 51.8 Å². The zero-order valence-corrected chi connectivity index (χ0v) is 17.3. The molecule has 5 rings (SSSR count). The van der Waals surface area contributed by atoms with Crippen molar-refractivity contribution < 1.29 is 9.13 Å². The molecule has 0 spiro atoms. The molecule has 0 unspecified atom stereocenters. The number of rotatable bonds is 3. The first-order valence-corrected chi connectivity index (χ1v) is 10.2. The van der Waals surface area contributed by atoms with Crippen LogP contribution in [-0.4, -0.2) is 18.0 Å². The SMILES string of the molecule is C=C1COc2cc3c(cc2N1Cc1ccccc1)CC(C)=NN=C3c1ccc(F)cc1. The maximum atomic E-state index is 13.5. The lowest BCUT2D eigenvalue weighted by Gasteiger charge is -2.34. The zero-order chi connectivity index (χ0) is 21.4. The second-order valence-corrected chi connectivity index (χ2v) is 7.87. The topological polar surface area (TPSA) is 37.2 Å². The highest BCUT2D eigenvalue weighted by Gasteiger charge is 2.26. The van der Waals surface area contributed by atoms with Crippen molar-refractivity contribution in [2.24, 2.45) is 10.2 Å². The lowest BCUT2D eigenvalue weighted by atomic mass is 9.93. The molecular formula is C26H22FN3O. The van der Waals surface area contributed by atoms with Crippen LogP contribution in [0.1, 0.15) is 29.2 Å². The van der Waals surface area contributed by atoms with Crippen LogP contribution in [0.3, 0.4) is 0 Å². The van der Waals surface area contributed by atoms with Crippen molar-refractivity contribution in [3.63, 3.8) is 0 Å². The van der Waals surface area contributed by atoms with Crippen molar-refractivity contribution in [3.8, 4) is 5.75 Å². The summed E-state index contributed by atoms with van der Waals surface area (Å²) in [6.07, 6.45) is 0.683. The summed E-state index contributed by atoms with van der Waals surface area (Å²) >= 11 is 0. The van der Waals surface area contributed by atoms with Crippen molar-refractivity contribution in [2.75, 3.05) is 11.5 Å². The minimum absolute atomic E-state index is 0.276. The minimum atomic E-state index is -0.276. The van der Waals surface area contributed by atoms with Crippen LogP contribution in [-0.2, 0) is 13.0 Å². The average Bonchev–Trinajstić information content (AvgIpc) is 2.94. The van der Waals surface area contributed by atoms with E-state index >= 15 is 0 Å². The molecule has 154 valence electrons. The first-order valence-electron chi connectivity index (χ1n) is 10.2. The van der Waals surface area contributed by atoms with Crippen LogP contribution in [0.25, 0.3) is 0 Å². The molecule has 0 aromatic heterocycles. The van der Waals surface area contributed by atoms with Gasteiger partial charge in [-0.25, -0.2) is 4.39 Å². The van der Waals surface area contributed by atoms with E-state index < -0.39 is 0 Å². The summed E-state index contributed by atoms with van der Waals surface area (Å²) in [5, 5.41) is 8.88.